The highest BCUT2D eigenvalue weighted by Crippen LogP contribution is 2.36. The van der Waals surface area contributed by atoms with E-state index in [1.165, 1.54) is 22.3 Å². The van der Waals surface area contributed by atoms with Crippen molar-refractivity contribution in [3.63, 3.8) is 0 Å². The lowest BCUT2D eigenvalue weighted by Crippen LogP contribution is -2.42. The summed E-state index contributed by atoms with van der Waals surface area (Å²) in [5, 5.41) is 9.71. The van der Waals surface area contributed by atoms with Crippen LogP contribution in [0, 0.1) is 5.92 Å². The van der Waals surface area contributed by atoms with E-state index in [-0.39, 0.29) is 23.9 Å². The third-order valence-electron chi connectivity index (χ3n) is 9.29. The van der Waals surface area contributed by atoms with Crippen LogP contribution in [0.1, 0.15) is 82.5 Å². The molecule has 0 radical (unpaired) electrons. The van der Waals surface area contributed by atoms with Gasteiger partial charge in [0.15, 0.2) is 22.7 Å². The molecule has 2 aliphatic rings. The average Bonchev–Trinajstić information content (AvgIpc) is 3.74. The topological polar surface area (TPSA) is 101 Å². The smallest absolute Gasteiger partial charge is 0.274 e. The van der Waals surface area contributed by atoms with E-state index in [4.69, 9.17) is 23.2 Å². The van der Waals surface area contributed by atoms with Crippen LogP contribution in [0.3, 0.4) is 0 Å². The first-order chi connectivity index (χ1) is 23.7. The molecule has 2 amide bonds. The maximum absolute atomic E-state index is 13.2. The van der Waals surface area contributed by atoms with E-state index in [0.29, 0.717) is 51.7 Å². The molecule has 250 valence electrons. The van der Waals surface area contributed by atoms with Crippen molar-refractivity contribution in [2.75, 3.05) is 13.1 Å². The highest BCUT2D eigenvalue weighted by Gasteiger charge is 2.34. The van der Waals surface area contributed by atoms with Crippen molar-refractivity contribution in [2.45, 2.75) is 52.1 Å². The summed E-state index contributed by atoms with van der Waals surface area (Å²) in [7, 11) is 0. The number of halogens is 2. The summed E-state index contributed by atoms with van der Waals surface area (Å²) < 4.78 is 3.10. The van der Waals surface area contributed by atoms with Crippen molar-refractivity contribution in [2.24, 2.45) is 5.92 Å². The van der Waals surface area contributed by atoms with Gasteiger partial charge >= 0.3 is 0 Å². The molecular formula is C37H36Cl2N8O2. The fraction of sp³-hybridized carbons (Fsp3) is 0.297. The number of hydrogen-bond donors (Lipinski definition) is 0. The lowest BCUT2D eigenvalue weighted by Gasteiger charge is -2.39. The van der Waals surface area contributed by atoms with E-state index in [9.17, 15) is 9.59 Å². The predicted octanol–water partition coefficient (Wildman–Crippen LogP) is 7.31. The average molecular weight is 696 g/mol. The molecule has 2 aliphatic heterocycles. The van der Waals surface area contributed by atoms with E-state index in [0.717, 1.165) is 19.3 Å². The van der Waals surface area contributed by atoms with Crippen LogP contribution in [0.25, 0.3) is 11.3 Å². The Morgan fingerprint density at radius 3 is 1.80 bits per heavy atom. The molecule has 12 heteroatoms. The van der Waals surface area contributed by atoms with E-state index in [1.807, 2.05) is 21.9 Å². The molecule has 0 aliphatic carbocycles. The number of hydrogen-bond acceptors (Lipinski definition) is 6. The van der Waals surface area contributed by atoms with Gasteiger partial charge in [0.25, 0.3) is 11.8 Å². The van der Waals surface area contributed by atoms with Gasteiger partial charge in [0.1, 0.15) is 0 Å². The summed E-state index contributed by atoms with van der Waals surface area (Å²) in [6, 6.07) is 20.3. The normalized spacial score (nSPS) is 17.1. The third-order valence-corrected chi connectivity index (χ3v) is 9.68. The van der Waals surface area contributed by atoms with Gasteiger partial charge in [0.2, 0.25) is 0 Å². The number of carbonyl (C=O) groups excluding carboxylic acids is 2. The molecule has 10 nitrogen and oxygen atoms in total. The van der Waals surface area contributed by atoms with Crippen LogP contribution < -0.4 is 0 Å². The van der Waals surface area contributed by atoms with Crippen molar-refractivity contribution in [1.82, 2.24) is 39.0 Å². The maximum atomic E-state index is 13.2. The van der Waals surface area contributed by atoms with Crippen molar-refractivity contribution >= 4 is 46.3 Å². The Labute approximate surface area is 294 Å². The van der Waals surface area contributed by atoms with Crippen molar-refractivity contribution < 1.29 is 9.59 Å². The molecule has 4 aromatic heterocycles. The summed E-state index contributed by atoms with van der Waals surface area (Å²) in [6.07, 6.45) is 9.04. The SMILES string of the molecule is CC(C)C1c2ccccc2CCN1C(=O)c1cc2ncc(Cl)cn2n1.CCC1c2ccccc2CCN1C(=O)c1cc2ncc(Cl)cn2n1. The van der Waals surface area contributed by atoms with Gasteiger partial charge in [-0.05, 0) is 47.4 Å². The molecule has 0 spiro atoms. The molecule has 0 N–H and O–H groups in total. The number of rotatable bonds is 4. The predicted molar refractivity (Wildman–Crippen MR) is 189 cm³/mol. The summed E-state index contributed by atoms with van der Waals surface area (Å²) in [6.45, 7) is 7.81. The first-order valence-electron chi connectivity index (χ1n) is 16.5. The molecule has 0 bridgehead atoms. The number of carbonyl (C=O) groups is 2. The van der Waals surface area contributed by atoms with Gasteiger partial charge in [-0.3, -0.25) is 9.59 Å². The molecular weight excluding hydrogens is 659 g/mol. The summed E-state index contributed by atoms with van der Waals surface area (Å²) in [5.74, 6) is 0.197. The van der Waals surface area contributed by atoms with Crippen molar-refractivity contribution in [3.05, 3.63) is 129 Å². The van der Waals surface area contributed by atoms with Crippen LogP contribution >= 0.6 is 23.2 Å². The van der Waals surface area contributed by atoms with Crippen molar-refractivity contribution in [3.8, 4) is 0 Å². The van der Waals surface area contributed by atoms with Crippen LogP contribution in [0.15, 0.2) is 85.5 Å². The maximum Gasteiger partial charge on any atom is 0.274 e. The molecule has 2 aromatic carbocycles. The van der Waals surface area contributed by atoms with E-state index >= 15 is 0 Å². The molecule has 8 rings (SSSR count). The zero-order valence-electron chi connectivity index (χ0n) is 27.5. The number of nitrogens with zero attached hydrogens (tertiary/aromatic N) is 8. The van der Waals surface area contributed by atoms with Gasteiger partial charge in [0.05, 0.1) is 34.5 Å². The molecule has 49 heavy (non-hydrogen) atoms. The summed E-state index contributed by atoms with van der Waals surface area (Å²) in [4.78, 5) is 38.5. The second-order valence-corrected chi connectivity index (χ2v) is 13.6. The quantitative estimate of drug-likeness (QED) is 0.192. The summed E-state index contributed by atoms with van der Waals surface area (Å²) in [5.41, 5.74) is 7.18. The Morgan fingerprint density at radius 2 is 1.24 bits per heavy atom. The first kappa shape index (κ1) is 32.7. The second-order valence-electron chi connectivity index (χ2n) is 12.7. The molecule has 0 saturated carbocycles. The lowest BCUT2D eigenvalue weighted by atomic mass is 9.86. The highest BCUT2D eigenvalue weighted by atomic mass is 35.5. The Hall–Kier alpha value is -4.80. The number of aromatic nitrogens is 6. The standard InChI is InChI=1S/C19H19ClN4O.C18H17ClN4O/c1-12(2)18-15-6-4-3-5-13(15)7-8-23(18)19(25)16-9-17-21-10-14(20)11-24(17)22-16;1-2-16-14-6-4-3-5-12(14)7-8-22(16)18(24)15-9-17-20-10-13(19)11-23(17)21-15/h3-6,9-12,18H,7-8H2,1-2H3;3-6,9-11,16H,2,7-8H2,1H3. The van der Waals surface area contributed by atoms with Crippen molar-refractivity contribution in [1.29, 1.82) is 0 Å². The van der Waals surface area contributed by atoms with Gasteiger partial charge in [-0.25, -0.2) is 19.0 Å². The minimum absolute atomic E-state index is 0.0545. The molecule has 6 aromatic rings. The Kier molecular flexibility index (Phi) is 9.09. The number of fused-ring (bicyclic) bond motifs is 4. The van der Waals surface area contributed by atoms with Gasteiger partial charge in [-0.2, -0.15) is 10.2 Å². The number of benzene rings is 2. The van der Waals surface area contributed by atoms with Gasteiger partial charge in [-0.15, -0.1) is 0 Å². The van der Waals surface area contributed by atoms with Crippen LogP contribution in [-0.4, -0.2) is 63.9 Å². The molecule has 2 atom stereocenters. The molecule has 2 unspecified atom stereocenters. The minimum atomic E-state index is -0.0603. The monoisotopic (exact) mass is 694 g/mol. The van der Waals surface area contributed by atoms with Gasteiger partial charge < -0.3 is 9.80 Å². The van der Waals surface area contributed by atoms with E-state index in [2.05, 4.69) is 77.3 Å². The molecule has 6 heterocycles. The van der Waals surface area contributed by atoms with Crippen LogP contribution in [-0.2, 0) is 12.8 Å². The largest absolute Gasteiger partial charge is 0.330 e. The fourth-order valence-corrected chi connectivity index (χ4v) is 7.37. The highest BCUT2D eigenvalue weighted by molar-refractivity contribution is 6.30. The van der Waals surface area contributed by atoms with Crippen LogP contribution in [0.4, 0.5) is 0 Å². The van der Waals surface area contributed by atoms with Crippen LogP contribution in [0.5, 0.6) is 0 Å². The van der Waals surface area contributed by atoms with Gasteiger partial charge in [0, 0.05) is 37.6 Å². The Balaban J connectivity index is 0.000000154. The summed E-state index contributed by atoms with van der Waals surface area (Å²) >= 11 is 11.9. The fourth-order valence-electron chi connectivity index (χ4n) is 7.09. The van der Waals surface area contributed by atoms with E-state index < -0.39 is 0 Å². The zero-order chi connectivity index (χ0) is 34.2. The molecule has 0 saturated heterocycles. The molecule has 0 fully saturated rings. The minimum Gasteiger partial charge on any atom is -0.330 e. The van der Waals surface area contributed by atoms with Gasteiger partial charge in [-0.1, -0.05) is 92.5 Å². The number of amides is 2. The Morgan fingerprint density at radius 1 is 0.755 bits per heavy atom. The first-order valence-corrected chi connectivity index (χ1v) is 17.3. The zero-order valence-corrected chi connectivity index (χ0v) is 29.0. The van der Waals surface area contributed by atoms with Crippen LogP contribution in [0.2, 0.25) is 10.0 Å². The second kappa shape index (κ2) is 13.6. The Bertz CT molecular complexity index is 2180. The van der Waals surface area contributed by atoms with E-state index in [1.54, 1.807) is 46.0 Å². The third kappa shape index (κ3) is 6.38. The lowest BCUT2D eigenvalue weighted by molar-refractivity contribution is 0.0596.